The van der Waals surface area contributed by atoms with Crippen LogP contribution in [-0.2, 0) is 5.75 Å². The number of piperazine rings is 1. The maximum Gasteiger partial charge on any atom is 0.145 e. The first-order valence-corrected chi connectivity index (χ1v) is 9.84. The lowest BCUT2D eigenvalue weighted by Crippen LogP contribution is -2.49. The van der Waals surface area contributed by atoms with Gasteiger partial charge in [0.15, 0.2) is 0 Å². The molecule has 1 fully saturated rings. The highest BCUT2D eigenvalue weighted by molar-refractivity contribution is 7.98. The van der Waals surface area contributed by atoms with Gasteiger partial charge in [0, 0.05) is 44.5 Å². The topological polar surface area (TPSA) is 44.3 Å². The lowest BCUT2D eigenvalue weighted by molar-refractivity contribution is 0.123. The van der Waals surface area contributed by atoms with Crippen LogP contribution in [0, 0.1) is 0 Å². The zero-order valence-electron chi connectivity index (χ0n) is 15.1. The summed E-state index contributed by atoms with van der Waals surface area (Å²) in [5, 5.41) is 4.41. The molecule has 2 heterocycles. The van der Waals surface area contributed by atoms with Crippen molar-refractivity contribution < 1.29 is 0 Å². The highest BCUT2D eigenvalue weighted by Crippen LogP contribution is 2.21. The van der Waals surface area contributed by atoms with Gasteiger partial charge >= 0.3 is 0 Å². The van der Waals surface area contributed by atoms with Crippen LogP contribution in [-0.4, -0.2) is 65.6 Å². The van der Waals surface area contributed by atoms with Gasteiger partial charge in [-0.15, -0.1) is 11.8 Å². The number of likely N-dealkylation sites (N-methyl/N-ethyl adjacent to an activating group) is 1. The summed E-state index contributed by atoms with van der Waals surface area (Å²) in [7, 11) is 2.19. The summed E-state index contributed by atoms with van der Waals surface area (Å²) in [6, 6.07) is 11.0. The average Bonchev–Trinajstić information content (AvgIpc) is 2.66. The molecule has 1 aromatic heterocycles. The second-order valence-electron chi connectivity index (χ2n) is 6.59. The van der Waals surface area contributed by atoms with Crippen LogP contribution >= 0.6 is 11.8 Å². The minimum absolute atomic E-state index is 0.496. The van der Waals surface area contributed by atoms with Crippen molar-refractivity contribution in [3.63, 3.8) is 0 Å². The van der Waals surface area contributed by atoms with E-state index in [0.717, 1.165) is 49.3 Å². The fourth-order valence-corrected chi connectivity index (χ4v) is 3.68. The van der Waals surface area contributed by atoms with Crippen molar-refractivity contribution in [1.82, 2.24) is 19.8 Å². The van der Waals surface area contributed by atoms with Gasteiger partial charge in [0.05, 0.1) is 12.4 Å². The number of rotatable bonds is 7. The van der Waals surface area contributed by atoms with Gasteiger partial charge < -0.3 is 10.2 Å². The SMILES string of the molecule is CC(CNc1cncc(SCc2ccccc2)n1)N1CCN(C)CC1. The first-order chi connectivity index (χ1) is 12.2. The van der Waals surface area contributed by atoms with Gasteiger partial charge in [-0.05, 0) is 19.5 Å². The highest BCUT2D eigenvalue weighted by Gasteiger charge is 2.18. The molecule has 1 aliphatic rings. The van der Waals surface area contributed by atoms with E-state index in [1.165, 1.54) is 5.56 Å². The largest absolute Gasteiger partial charge is 0.367 e. The van der Waals surface area contributed by atoms with Crippen LogP contribution in [0.5, 0.6) is 0 Å². The normalized spacial score (nSPS) is 17.4. The van der Waals surface area contributed by atoms with Crippen molar-refractivity contribution in [2.75, 3.05) is 45.1 Å². The molecule has 0 amide bonds. The van der Waals surface area contributed by atoms with Gasteiger partial charge in [-0.3, -0.25) is 9.88 Å². The zero-order chi connectivity index (χ0) is 17.5. The molecule has 6 heteroatoms. The number of hydrogen-bond donors (Lipinski definition) is 1. The predicted molar refractivity (Wildman–Crippen MR) is 105 cm³/mol. The van der Waals surface area contributed by atoms with E-state index in [9.17, 15) is 0 Å². The molecule has 1 aromatic carbocycles. The first-order valence-electron chi connectivity index (χ1n) is 8.86. The second-order valence-corrected chi connectivity index (χ2v) is 7.58. The molecule has 0 aliphatic carbocycles. The predicted octanol–water partition coefficient (Wildman–Crippen LogP) is 2.82. The van der Waals surface area contributed by atoms with Crippen LogP contribution in [0.4, 0.5) is 5.82 Å². The maximum absolute atomic E-state index is 4.68. The van der Waals surface area contributed by atoms with Gasteiger partial charge in [0.1, 0.15) is 10.8 Å². The molecule has 1 saturated heterocycles. The third-order valence-electron chi connectivity index (χ3n) is 4.58. The molecule has 3 rings (SSSR count). The van der Waals surface area contributed by atoms with Crippen LogP contribution < -0.4 is 5.32 Å². The Balaban J connectivity index is 1.48. The zero-order valence-corrected chi connectivity index (χ0v) is 15.9. The summed E-state index contributed by atoms with van der Waals surface area (Å²) in [4.78, 5) is 13.9. The summed E-state index contributed by atoms with van der Waals surface area (Å²) in [6.07, 6.45) is 3.64. The van der Waals surface area contributed by atoms with Crippen LogP contribution in [0.2, 0.25) is 0 Å². The number of aromatic nitrogens is 2. The molecule has 25 heavy (non-hydrogen) atoms. The van der Waals surface area contributed by atoms with Gasteiger partial charge in [-0.1, -0.05) is 30.3 Å². The molecule has 1 atom stereocenters. The fourth-order valence-electron chi connectivity index (χ4n) is 2.88. The Morgan fingerprint density at radius 1 is 1.12 bits per heavy atom. The molecule has 0 spiro atoms. The number of nitrogens with zero attached hydrogens (tertiary/aromatic N) is 4. The molecule has 0 radical (unpaired) electrons. The van der Waals surface area contributed by atoms with Gasteiger partial charge in [0.25, 0.3) is 0 Å². The van der Waals surface area contributed by atoms with E-state index in [1.54, 1.807) is 11.8 Å². The van der Waals surface area contributed by atoms with Gasteiger partial charge in [-0.25, -0.2) is 4.98 Å². The second kappa shape index (κ2) is 9.17. The number of anilines is 1. The van der Waals surface area contributed by atoms with Crippen LogP contribution in [0.25, 0.3) is 0 Å². The van der Waals surface area contributed by atoms with E-state index in [0.29, 0.717) is 6.04 Å². The van der Waals surface area contributed by atoms with E-state index in [-0.39, 0.29) is 0 Å². The van der Waals surface area contributed by atoms with Crippen molar-refractivity contribution in [2.24, 2.45) is 0 Å². The van der Waals surface area contributed by atoms with Gasteiger partial charge in [-0.2, -0.15) is 0 Å². The Morgan fingerprint density at radius 2 is 1.88 bits per heavy atom. The van der Waals surface area contributed by atoms with Crippen molar-refractivity contribution >= 4 is 17.6 Å². The molecule has 1 unspecified atom stereocenters. The number of hydrogen-bond acceptors (Lipinski definition) is 6. The lowest BCUT2D eigenvalue weighted by atomic mass is 10.2. The summed E-state index contributed by atoms with van der Waals surface area (Å²) >= 11 is 1.72. The molecular formula is C19H27N5S. The molecule has 0 bridgehead atoms. The molecule has 1 aliphatic heterocycles. The summed E-state index contributed by atoms with van der Waals surface area (Å²) < 4.78 is 0. The minimum Gasteiger partial charge on any atom is -0.367 e. The number of benzene rings is 1. The summed E-state index contributed by atoms with van der Waals surface area (Å²) in [6.45, 7) is 7.74. The monoisotopic (exact) mass is 357 g/mol. The Kier molecular flexibility index (Phi) is 6.67. The average molecular weight is 358 g/mol. The van der Waals surface area contributed by atoms with Crippen molar-refractivity contribution in [3.05, 3.63) is 48.3 Å². The Bertz CT molecular complexity index is 643. The van der Waals surface area contributed by atoms with Crippen LogP contribution in [0.3, 0.4) is 0 Å². The molecule has 134 valence electrons. The molecule has 1 N–H and O–H groups in total. The van der Waals surface area contributed by atoms with E-state index >= 15 is 0 Å². The molecule has 5 nitrogen and oxygen atoms in total. The Hall–Kier alpha value is -1.63. The Labute approximate surface area is 154 Å². The first kappa shape index (κ1) is 18.2. The van der Waals surface area contributed by atoms with Crippen molar-refractivity contribution in [3.8, 4) is 0 Å². The van der Waals surface area contributed by atoms with Crippen molar-refractivity contribution in [2.45, 2.75) is 23.7 Å². The van der Waals surface area contributed by atoms with E-state index in [2.05, 4.69) is 63.3 Å². The van der Waals surface area contributed by atoms with E-state index in [1.807, 2.05) is 18.5 Å². The van der Waals surface area contributed by atoms with Gasteiger partial charge in [0.2, 0.25) is 0 Å². The highest BCUT2D eigenvalue weighted by atomic mass is 32.2. The minimum atomic E-state index is 0.496. The number of nitrogens with one attached hydrogen (secondary N) is 1. The molecule has 2 aromatic rings. The van der Waals surface area contributed by atoms with Crippen LogP contribution in [0.15, 0.2) is 47.8 Å². The third-order valence-corrected chi connectivity index (χ3v) is 5.55. The quantitative estimate of drug-likeness (QED) is 0.769. The van der Waals surface area contributed by atoms with E-state index in [4.69, 9.17) is 0 Å². The maximum atomic E-state index is 4.68. The fraction of sp³-hybridized carbons (Fsp3) is 0.474. The summed E-state index contributed by atoms with van der Waals surface area (Å²) in [5.74, 6) is 1.77. The van der Waals surface area contributed by atoms with Crippen molar-refractivity contribution in [1.29, 1.82) is 0 Å². The Morgan fingerprint density at radius 3 is 2.64 bits per heavy atom. The third kappa shape index (κ3) is 5.70. The number of thioether (sulfide) groups is 1. The lowest BCUT2D eigenvalue weighted by Gasteiger charge is -2.36. The standard InChI is InChI=1S/C19H27N5S/c1-16(24-10-8-23(2)9-11-24)12-21-18-13-20-14-19(22-18)25-15-17-6-4-3-5-7-17/h3-7,13-14,16H,8-12,15H2,1-2H3,(H,21,22). The van der Waals surface area contributed by atoms with Crippen LogP contribution in [0.1, 0.15) is 12.5 Å². The smallest absolute Gasteiger partial charge is 0.145 e. The molecular weight excluding hydrogens is 330 g/mol. The summed E-state index contributed by atoms with van der Waals surface area (Å²) in [5.41, 5.74) is 1.30. The van der Waals surface area contributed by atoms with E-state index < -0.39 is 0 Å². The molecule has 0 saturated carbocycles.